The molecule has 17 heavy (non-hydrogen) atoms. The van der Waals surface area contributed by atoms with E-state index in [1.807, 2.05) is 6.92 Å². The van der Waals surface area contributed by atoms with Crippen LogP contribution in [0, 0.1) is 5.82 Å². The fourth-order valence-corrected chi connectivity index (χ4v) is 1.47. The van der Waals surface area contributed by atoms with Crippen LogP contribution in [0.15, 0.2) is 24.3 Å². The molecule has 1 amide bonds. The van der Waals surface area contributed by atoms with E-state index in [0.717, 1.165) is 0 Å². The van der Waals surface area contributed by atoms with Crippen LogP contribution >= 0.6 is 12.2 Å². The van der Waals surface area contributed by atoms with Crippen molar-refractivity contribution in [3.05, 3.63) is 35.6 Å². The van der Waals surface area contributed by atoms with Crippen LogP contribution in [0.1, 0.15) is 30.6 Å². The van der Waals surface area contributed by atoms with Gasteiger partial charge in [0.15, 0.2) is 0 Å². The quantitative estimate of drug-likeness (QED) is 0.808. The Kier molecular flexibility index (Phi) is 4.17. The van der Waals surface area contributed by atoms with E-state index >= 15 is 0 Å². The summed E-state index contributed by atoms with van der Waals surface area (Å²) in [6.07, 6.45) is 0.573. The minimum atomic E-state index is -0.751. The number of nitrogens with one attached hydrogen (secondary N) is 1. The third kappa shape index (κ3) is 3.23. The predicted molar refractivity (Wildman–Crippen MR) is 69.3 cm³/mol. The number of thiocarbonyl (C=S) groups is 1. The van der Waals surface area contributed by atoms with E-state index in [1.165, 1.54) is 24.3 Å². The lowest BCUT2D eigenvalue weighted by atomic mass is 9.98. The predicted octanol–water partition coefficient (Wildman–Crippen LogP) is 2.01. The Morgan fingerprint density at radius 2 is 2.24 bits per heavy atom. The van der Waals surface area contributed by atoms with Crippen LogP contribution in [0.2, 0.25) is 0 Å². The molecule has 3 nitrogen and oxygen atoms in total. The summed E-state index contributed by atoms with van der Waals surface area (Å²) in [4.78, 5) is 12.1. The van der Waals surface area contributed by atoms with E-state index in [1.54, 1.807) is 6.92 Å². The summed E-state index contributed by atoms with van der Waals surface area (Å²) in [7, 11) is 0. The standard InChI is InChI=1S/C12H15FN2OS/c1-3-12(2,11(14)17)15-10(16)8-5-4-6-9(13)7-8/h4-7H,3H2,1-2H3,(H2,14,17)(H,15,16). The Morgan fingerprint density at radius 1 is 1.59 bits per heavy atom. The molecular weight excluding hydrogens is 239 g/mol. The van der Waals surface area contributed by atoms with Crippen LogP contribution in [0.25, 0.3) is 0 Å². The van der Waals surface area contributed by atoms with E-state index in [-0.39, 0.29) is 16.5 Å². The molecule has 0 fully saturated rings. The molecule has 0 heterocycles. The first-order chi connectivity index (χ1) is 7.89. The molecule has 3 N–H and O–H groups in total. The molecule has 1 aromatic carbocycles. The van der Waals surface area contributed by atoms with Gasteiger partial charge in [0.2, 0.25) is 0 Å². The average molecular weight is 254 g/mol. The third-order valence-electron chi connectivity index (χ3n) is 2.73. The maximum absolute atomic E-state index is 13.0. The van der Waals surface area contributed by atoms with Crippen molar-refractivity contribution in [2.24, 2.45) is 5.73 Å². The molecule has 1 atom stereocenters. The summed E-state index contributed by atoms with van der Waals surface area (Å²) in [6.45, 7) is 3.61. The molecule has 1 rings (SSSR count). The molecule has 0 aromatic heterocycles. The lowest BCUT2D eigenvalue weighted by molar-refractivity contribution is 0.0926. The maximum atomic E-state index is 13.0. The first-order valence-electron chi connectivity index (χ1n) is 5.27. The van der Waals surface area contributed by atoms with Crippen molar-refractivity contribution in [3.8, 4) is 0 Å². The van der Waals surface area contributed by atoms with Crippen molar-refractivity contribution in [3.63, 3.8) is 0 Å². The molecule has 1 aromatic rings. The molecule has 0 saturated carbocycles. The van der Waals surface area contributed by atoms with Crippen LogP contribution in [-0.2, 0) is 0 Å². The van der Waals surface area contributed by atoms with Gasteiger partial charge < -0.3 is 11.1 Å². The lowest BCUT2D eigenvalue weighted by Crippen LogP contribution is -2.54. The summed E-state index contributed by atoms with van der Waals surface area (Å²) in [5.74, 6) is -0.840. The fourth-order valence-electron chi connectivity index (χ4n) is 1.28. The topological polar surface area (TPSA) is 55.1 Å². The monoisotopic (exact) mass is 254 g/mol. The minimum absolute atomic E-state index is 0.213. The molecule has 1 unspecified atom stereocenters. The number of hydrogen-bond donors (Lipinski definition) is 2. The Bertz CT molecular complexity index is 450. The number of rotatable bonds is 4. The third-order valence-corrected chi connectivity index (χ3v) is 3.18. The Balaban J connectivity index is 2.89. The van der Waals surface area contributed by atoms with Crippen LogP contribution in [0.5, 0.6) is 0 Å². The van der Waals surface area contributed by atoms with Crippen LogP contribution in [-0.4, -0.2) is 16.4 Å². The maximum Gasteiger partial charge on any atom is 0.252 e. The van der Waals surface area contributed by atoms with Gasteiger partial charge in [-0.3, -0.25) is 4.79 Å². The van der Waals surface area contributed by atoms with Crippen molar-refractivity contribution in [2.75, 3.05) is 0 Å². The number of carbonyl (C=O) groups is 1. The Labute approximate surface area is 105 Å². The number of nitrogens with two attached hydrogens (primary N) is 1. The van der Waals surface area contributed by atoms with Gasteiger partial charge in [-0.1, -0.05) is 25.2 Å². The van der Waals surface area contributed by atoms with Crippen LogP contribution in [0.3, 0.4) is 0 Å². The largest absolute Gasteiger partial charge is 0.391 e. The summed E-state index contributed by atoms with van der Waals surface area (Å²) < 4.78 is 13.0. The molecule has 0 aliphatic rings. The van der Waals surface area contributed by atoms with Gasteiger partial charge in [0.05, 0.1) is 10.5 Å². The van der Waals surface area contributed by atoms with E-state index < -0.39 is 11.4 Å². The lowest BCUT2D eigenvalue weighted by Gasteiger charge is -2.28. The number of halogens is 1. The van der Waals surface area contributed by atoms with Gasteiger partial charge in [-0.25, -0.2) is 4.39 Å². The van der Waals surface area contributed by atoms with Crippen LogP contribution in [0.4, 0.5) is 4.39 Å². The molecular formula is C12H15FN2OS. The zero-order valence-electron chi connectivity index (χ0n) is 9.79. The van der Waals surface area contributed by atoms with Gasteiger partial charge in [0.25, 0.3) is 5.91 Å². The number of benzene rings is 1. The second-order valence-corrected chi connectivity index (χ2v) is 4.45. The zero-order valence-corrected chi connectivity index (χ0v) is 10.6. The summed E-state index contributed by atoms with van der Waals surface area (Å²) >= 11 is 4.91. The second-order valence-electron chi connectivity index (χ2n) is 4.01. The highest BCUT2D eigenvalue weighted by Gasteiger charge is 2.27. The van der Waals surface area contributed by atoms with E-state index in [9.17, 15) is 9.18 Å². The van der Waals surface area contributed by atoms with Gasteiger partial charge in [-0.15, -0.1) is 0 Å². The van der Waals surface area contributed by atoms with E-state index in [2.05, 4.69) is 5.32 Å². The minimum Gasteiger partial charge on any atom is -0.391 e. The van der Waals surface area contributed by atoms with Crippen molar-refractivity contribution < 1.29 is 9.18 Å². The zero-order chi connectivity index (χ0) is 13.1. The Hall–Kier alpha value is -1.49. The van der Waals surface area contributed by atoms with Gasteiger partial charge in [0.1, 0.15) is 5.82 Å². The smallest absolute Gasteiger partial charge is 0.252 e. The Morgan fingerprint density at radius 3 is 2.71 bits per heavy atom. The molecule has 0 bridgehead atoms. The highest BCUT2D eigenvalue weighted by atomic mass is 32.1. The average Bonchev–Trinajstić information content (AvgIpc) is 2.28. The molecule has 5 heteroatoms. The van der Waals surface area contributed by atoms with Gasteiger partial charge in [0, 0.05) is 5.56 Å². The van der Waals surface area contributed by atoms with E-state index in [0.29, 0.717) is 6.42 Å². The molecule has 0 spiro atoms. The first-order valence-corrected chi connectivity index (χ1v) is 5.68. The van der Waals surface area contributed by atoms with Crippen molar-refractivity contribution in [1.29, 1.82) is 0 Å². The fraction of sp³-hybridized carbons (Fsp3) is 0.333. The van der Waals surface area contributed by atoms with Crippen molar-refractivity contribution >= 4 is 23.1 Å². The van der Waals surface area contributed by atoms with Gasteiger partial charge in [-0.05, 0) is 31.5 Å². The second kappa shape index (κ2) is 5.23. The normalized spacial score (nSPS) is 13.8. The summed E-state index contributed by atoms with van der Waals surface area (Å²) in [5, 5.41) is 2.71. The molecule has 0 aliphatic heterocycles. The molecule has 0 radical (unpaired) electrons. The van der Waals surface area contributed by atoms with Gasteiger partial charge in [-0.2, -0.15) is 0 Å². The summed E-state index contributed by atoms with van der Waals surface area (Å²) in [6, 6.07) is 5.47. The number of carbonyl (C=O) groups excluding carboxylic acids is 1. The SMILES string of the molecule is CCC(C)(NC(=O)c1cccc(F)c1)C(N)=S. The van der Waals surface area contributed by atoms with Gasteiger partial charge >= 0.3 is 0 Å². The first kappa shape index (κ1) is 13.6. The van der Waals surface area contributed by atoms with E-state index in [4.69, 9.17) is 18.0 Å². The van der Waals surface area contributed by atoms with Crippen molar-refractivity contribution in [1.82, 2.24) is 5.32 Å². The van der Waals surface area contributed by atoms with Crippen LogP contribution < -0.4 is 11.1 Å². The molecule has 92 valence electrons. The molecule has 0 aliphatic carbocycles. The number of amides is 1. The summed E-state index contributed by atoms with van der Waals surface area (Å²) in [5.41, 5.74) is 5.08. The van der Waals surface area contributed by atoms with Crippen molar-refractivity contribution in [2.45, 2.75) is 25.8 Å². The highest BCUT2D eigenvalue weighted by molar-refractivity contribution is 7.80. The molecule has 0 saturated heterocycles. The highest BCUT2D eigenvalue weighted by Crippen LogP contribution is 2.12. The number of hydrogen-bond acceptors (Lipinski definition) is 2.